The average Bonchev–Trinajstić information content (AvgIpc) is 2.16. The predicted molar refractivity (Wildman–Crippen MR) is 49.8 cm³/mol. The summed E-state index contributed by atoms with van der Waals surface area (Å²) in [7, 11) is 0. The Labute approximate surface area is 78.8 Å². The van der Waals surface area contributed by atoms with Crippen molar-refractivity contribution < 1.29 is 9.85 Å². The number of nitrogens with zero attached hydrogens (tertiary/aromatic N) is 2. The minimum atomic E-state index is -0.787. The molecule has 0 atom stereocenters. The van der Waals surface area contributed by atoms with Gasteiger partial charge in [0.25, 0.3) is 0 Å². The maximum Gasteiger partial charge on any atom is 0.346 e. The zero-order valence-corrected chi connectivity index (χ0v) is 7.04. The normalized spacial score (nSPS) is 9.43. The molecule has 0 heterocycles. The van der Waals surface area contributed by atoms with Gasteiger partial charge in [0.2, 0.25) is 0 Å². The fraction of sp³-hybridized carbons (Fsp3) is 0. The number of hydrogen-bond donors (Lipinski definition) is 0. The van der Waals surface area contributed by atoms with Gasteiger partial charge in [-0.3, -0.25) is 20.2 Å². The number of nitro groups is 2. The monoisotopic (exact) mass is 194 g/mol. The lowest BCUT2D eigenvalue weighted by molar-refractivity contribution is -0.422. The van der Waals surface area contributed by atoms with Crippen molar-refractivity contribution >= 4 is 17.5 Å². The molecule has 0 N–H and O–H groups in total. The topological polar surface area (TPSA) is 86.3 Å². The number of hydrogen-bond acceptors (Lipinski definition) is 4. The summed E-state index contributed by atoms with van der Waals surface area (Å²) in [5.41, 5.74) is -0.560. The Morgan fingerprint density at radius 2 is 1.71 bits per heavy atom. The summed E-state index contributed by atoms with van der Waals surface area (Å²) in [5, 5.41) is 20.9. The minimum absolute atomic E-state index is 0.474. The van der Waals surface area contributed by atoms with Crippen LogP contribution in [0.3, 0.4) is 0 Å². The fourth-order valence-corrected chi connectivity index (χ4v) is 0.968. The quantitative estimate of drug-likeness (QED) is 0.544. The molecule has 0 saturated heterocycles. The minimum Gasteiger partial charge on any atom is -0.258 e. The van der Waals surface area contributed by atoms with Gasteiger partial charge in [-0.25, -0.2) is 0 Å². The molecule has 0 aliphatic rings. The molecule has 0 amide bonds. The van der Waals surface area contributed by atoms with Crippen molar-refractivity contribution in [3.8, 4) is 0 Å². The molecule has 1 aromatic carbocycles. The van der Waals surface area contributed by atoms with Crippen LogP contribution in [0, 0.1) is 20.2 Å². The first-order chi connectivity index (χ1) is 6.56. The first kappa shape index (κ1) is 9.85. The lowest BCUT2D eigenvalue weighted by atomic mass is 10.2. The van der Waals surface area contributed by atoms with E-state index in [2.05, 4.69) is 6.58 Å². The Morgan fingerprint density at radius 3 is 2.14 bits per heavy atom. The second-order valence-corrected chi connectivity index (χ2v) is 2.47. The molecule has 0 bridgehead atoms. The van der Waals surface area contributed by atoms with Crippen LogP contribution in [-0.4, -0.2) is 9.85 Å². The highest BCUT2D eigenvalue weighted by molar-refractivity contribution is 5.60. The van der Waals surface area contributed by atoms with Gasteiger partial charge in [0.15, 0.2) is 0 Å². The van der Waals surface area contributed by atoms with E-state index in [0.29, 0.717) is 5.56 Å². The molecule has 0 spiro atoms. The summed E-state index contributed by atoms with van der Waals surface area (Å²) in [5.74, 6) is 0. The molecule has 0 aliphatic heterocycles. The molecule has 6 nitrogen and oxygen atoms in total. The van der Waals surface area contributed by atoms with Crippen molar-refractivity contribution in [1.82, 2.24) is 0 Å². The van der Waals surface area contributed by atoms with Gasteiger partial charge in [-0.2, -0.15) is 0 Å². The third kappa shape index (κ3) is 1.74. The van der Waals surface area contributed by atoms with Crippen LogP contribution in [0.1, 0.15) is 5.56 Å². The van der Waals surface area contributed by atoms with Crippen molar-refractivity contribution in [1.29, 1.82) is 0 Å². The predicted octanol–water partition coefficient (Wildman–Crippen LogP) is 2.15. The van der Waals surface area contributed by atoms with Crippen LogP contribution in [0.5, 0.6) is 0 Å². The van der Waals surface area contributed by atoms with E-state index in [1.165, 1.54) is 12.1 Å². The number of nitro benzene ring substituents is 2. The average molecular weight is 194 g/mol. The van der Waals surface area contributed by atoms with Gasteiger partial charge in [0.1, 0.15) is 0 Å². The molecule has 0 unspecified atom stereocenters. The molecule has 0 radical (unpaired) electrons. The van der Waals surface area contributed by atoms with Crippen molar-refractivity contribution in [3.63, 3.8) is 0 Å². The molecule has 0 aliphatic carbocycles. The van der Waals surface area contributed by atoms with Crippen LogP contribution in [0.25, 0.3) is 6.08 Å². The van der Waals surface area contributed by atoms with Crippen LogP contribution in [0.15, 0.2) is 24.8 Å². The molecule has 0 fully saturated rings. The third-order valence-electron chi connectivity index (χ3n) is 1.63. The van der Waals surface area contributed by atoms with Gasteiger partial charge in [-0.05, 0) is 11.6 Å². The highest BCUT2D eigenvalue weighted by atomic mass is 16.6. The van der Waals surface area contributed by atoms with Crippen molar-refractivity contribution in [2.75, 3.05) is 0 Å². The standard InChI is InChI=1S/C8H6N2O4/c1-2-6-3-4-7(9(11)12)8(5-6)10(13)14/h2-5H,1H2. The molecule has 72 valence electrons. The Balaban J connectivity index is 3.38. The van der Waals surface area contributed by atoms with Crippen molar-refractivity contribution in [2.24, 2.45) is 0 Å². The zero-order valence-electron chi connectivity index (χ0n) is 7.04. The van der Waals surface area contributed by atoms with Crippen LogP contribution < -0.4 is 0 Å². The number of rotatable bonds is 3. The Bertz CT molecular complexity index is 414. The van der Waals surface area contributed by atoms with Crippen molar-refractivity contribution in [2.45, 2.75) is 0 Å². The largest absolute Gasteiger partial charge is 0.346 e. The van der Waals surface area contributed by atoms with Crippen molar-refractivity contribution in [3.05, 3.63) is 50.6 Å². The van der Waals surface area contributed by atoms with Crippen LogP contribution in [-0.2, 0) is 0 Å². The second kappa shape index (κ2) is 3.65. The van der Waals surface area contributed by atoms with Gasteiger partial charge >= 0.3 is 11.4 Å². The van der Waals surface area contributed by atoms with Gasteiger partial charge in [-0.15, -0.1) is 0 Å². The summed E-state index contributed by atoms with van der Waals surface area (Å²) in [6.45, 7) is 3.41. The summed E-state index contributed by atoms with van der Waals surface area (Å²) >= 11 is 0. The Kier molecular flexibility index (Phi) is 2.57. The third-order valence-corrected chi connectivity index (χ3v) is 1.63. The Morgan fingerprint density at radius 1 is 1.14 bits per heavy atom. The molecule has 1 rings (SSSR count). The van der Waals surface area contributed by atoms with Crippen LogP contribution in [0.4, 0.5) is 11.4 Å². The van der Waals surface area contributed by atoms with Gasteiger partial charge < -0.3 is 0 Å². The molecular weight excluding hydrogens is 188 g/mol. The maximum absolute atomic E-state index is 10.5. The highest BCUT2D eigenvalue weighted by Gasteiger charge is 2.23. The fourth-order valence-electron chi connectivity index (χ4n) is 0.968. The van der Waals surface area contributed by atoms with E-state index in [4.69, 9.17) is 0 Å². The van der Waals surface area contributed by atoms with E-state index in [-0.39, 0.29) is 0 Å². The van der Waals surface area contributed by atoms with Crippen LogP contribution >= 0.6 is 0 Å². The lowest BCUT2D eigenvalue weighted by Crippen LogP contribution is -1.96. The van der Waals surface area contributed by atoms with E-state index in [1.54, 1.807) is 0 Å². The smallest absolute Gasteiger partial charge is 0.258 e. The summed E-state index contributed by atoms with van der Waals surface area (Å²) < 4.78 is 0. The molecule has 0 aromatic heterocycles. The van der Waals surface area contributed by atoms with E-state index in [9.17, 15) is 20.2 Å². The van der Waals surface area contributed by atoms with Gasteiger partial charge in [0.05, 0.1) is 9.85 Å². The first-order valence-electron chi connectivity index (χ1n) is 3.61. The number of benzene rings is 1. The van der Waals surface area contributed by atoms with E-state index < -0.39 is 21.2 Å². The second-order valence-electron chi connectivity index (χ2n) is 2.47. The molecule has 1 aromatic rings. The summed E-state index contributed by atoms with van der Waals surface area (Å²) in [6, 6.07) is 3.61. The van der Waals surface area contributed by atoms with Gasteiger partial charge in [-0.1, -0.05) is 12.7 Å². The van der Waals surface area contributed by atoms with E-state index in [1.807, 2.05) is 0 Å². The highest BCUT2D eigenvalue weighted by Crippen LogP contribution is 2.27. The lowest BCUT2D eigenvalue weighted by Gasteiger charge is -1.95. The molecule has 6 heteroatoms. The maximum atomic E-state index is 10.5. The molecular formula is C8H6N2O4. The first-order valence-corrected chi connectivity index (χ1v) is 3.61. The molecule has 14 heavy (non-hydrogen) atoms. The van der Waals surface area contributed by atoms with E-state index >= 15 is 0 Å². The Hall–Kier alpha value is -2.24. The summed E-state index contributed by atoms with van der Waals surface area (Å²) in [4.78, 5) is 19.3. The molecule has 0 saturated carbocycles. The van der Waals surface area contributed by atoms with E-state index in [0.717, 1.165) is 12.1 Å². The van der Waals surface area contributed by atoms with Gasteiger partial charge in [0, 0.05) is 12.1 Å². The SMILES string of the molecule is C=Cc1ccc([N+](=O)[O-])c([N+](=O)[O-])c1. The summed E-state index contributed by atoms with van der Waals surface area (Å²) in [6.07, 6.45) is 1.39. The zero-order chi connectivity index (χ0) is 10.7. The van der Waals surface area contributed by atoms with Crippen LogP contribution in [0.2, 0.25) is 0 Å².